The Morgan fingerprint density at radius 2 is 1.11 bits per heavy atom. The average Bonchev–Trinajstić information content (AvgIpc) is 2.88. The monoisotopic (exact) mass is 517 g/mol. The van der Waals surface area contributed by atoms with Gasteiger partial charge in [0.2, 0.25) is 0 Å². The number of nitrogens with one attached hydrogen (secondary N) is 2. The minimum Gasteiger partial charge on any atom is -0.445 e. The van der Waals surface area contributed by atoms with E-state index < -0.39 is 6.09 Å². The normalized spacial score (nSPS) is 10.5. The van der Waals surface area contributed by atoms with Crippen molar-refractivity contribution in [2.45, 2.75) is 88.0 Å². The maximum Gasteiger partial charge on any atom is 0.421 e. The van der Waals surface area contributed by atoms with Gasteiger partial charge in [-0.25, -0.2) is 15.4 Å². The summed E-state index contributed by atoms with van der Waals surface area (Å²) in [6.45, 7) is 19.6. The van der Waals surface area contributed by atoms with Gasteiger partial charge in [0.25, 0.3) is 0 Å². The van der Waals surface area contributed by atoms with Crippen LogP contribution in [0.2, 0.25) is 0 Å². The number of carbonyl (C=O) groups excluding carboxylic acids is 2. The van der Waals surface area contributed by atoms with Gasteiger partial charge in [0.15, 0.2) is 0 Å². The molecule has 2 aromatic carbocycles. The molecule has 0 heterocycles. The second kappa shape index (κ2) is 23.3. The number of alkyl carbamates (subject to hydrolysis) is 1. The van der Waals surface area contributed by atoms with E-state index >= 15 is 0 Å². The lowest BCUT2D eigenvalue weighted by Crippen LogP contribution is -2.39. The molecule has 2 rings (SSSR count). The van der Waals surface area contributed by atoms with E-state index in [9.17, 15) is 9.59 Å². The molecule has 7 nitrogen and oxygen atoms in total. The fourth-order valence-corrected chi connectivity index (χ4v) is 2.69. The third-order valence-electron chi connectivity index (χ3n) is 4.38. The third kappa shape index (κ3) is 23.1. The van der Waals surface area contributed by atoms with Crippen molar-refractivity contribution in [3.05, 3.63) is 71.8 Å². The van der Waals surface area contributed by atoms with Gasteiger partial charge in [0.05, 0.1) is 0 Å². The van der Waals surface area contributed by atoms with E-state index in [0.717, 1.165) is 23.5 Å². The summed E-state index contributed by atoms with van der Waals surface area (Å²) in [4.78, 5) is 22.3. The number of hydrazine groups is 1. The molecule has 2 aromatic rings. The van der Waals surface area contributed by atoms with E-state index in [1.807, 2.05) is 79.9 Å². The number of carbonyl (C=O) groups is 2. The van der Waals surface area contributed by atoms with Crippen molar-refractivity contribution in [2.75, 3.05) is 0 Å². The van der Waals surface area contributed by atoms with Crippen molar-refractivity contribution in [1.29, 1.82) is 0 Å². The first-order valence-electron chi connectivity index (χ1n) is 13.2. The maximum absolute atomic E-state index is 11.8. The SMILES string of the molecule is CC.CC(C)C.CC(C)CC(NC(=O)OCc1ccccc1)C(C)C.NNC(=O)OCc1ccccc1. The van der Waals surface area contributed by atoms with Crippen molar-refractivity contribution in [3.8, 4) is 0 Å². The first-order valence-corrected chi connectivity index (χ1v) is 13.2. The molecule has 0 radical (unpaired) electrons. The molecule has 0 aliphatic carbocycles. The van der Waals surface area contributed by atoms with E-state index in [-0.39, 0.29) is 18.7 Å². The van der Waals surface area contributed by atoms with Crippen LogP contribution in [0, 0.1) is 17.8 Å². The molecule has 0 aliphatic heterocycles. The number of nitrogens with two attached hydrogens (primary N) is 1. The molecule has 0 saturated heterocycles. The topological polar surface area (TPSA) is 103 Å². The summed E-state index contributed by atoms with van der Waals surface area (Å²) < 4.78 is 9.94. The van der Waals surface area contributed by atoms with Crippen molar-refractivity contribution in [2.24, 2.45) is 23.6 Å². The Bertz CT molecular complexity index is 794. The smallest absolute Gasteiger partial charge is 0.421 e. The van der Waals surface area contributed by atoms with E-state index in [4.69, 9.17) is 15.3 Å². The fourth-order valence-electron chi connectivity index (χ4n) is 2.69. The minimum absolute atomic E-state index is 0.170. The Hall–Kier alpha value is -3.06. The minimum atomic E-state index is -0.626. The molecule has 0 fully saturated rings. The highest BCUT2D eigenvalue weighted by atomic mass is 16.6. The summed E-state index contributed by atoms with van der Waals surface area (Å²) in [5.74, 6) is 6.61. The second-order valence-corrected chi connectivity index (χ2v) is 9.62. The molecule has 0 spiro atoms. The predicted molar refractivity (Wildman–Crippen MR) is 154 cm³/mol. The van der Waals surface area contributed by atoms with Gasteiger partial charge in [0.1, 0.15) is 13.2 Å². The van der Waals surface area contributed by atoms with Gasteiger partial charge in [-0.2, -0.15) is 0 Å². The molecular weight excluding hydrogens is 466 g/mol. The first kappa shape index (κ1) is 36.1. The van der Waals surface area contributed by atoms with E-state index in [0.29, 0.717) is 18.4 Å². The lowest BCUT2D eigenvalue weighted by molar-refractivity contribution is 0.130. The Labute approximate surface area is 225 Å². The van der Waals surface area contributed by atoms with E-state index in [1.165, 1.54) is 0 Å². The molecule has 37 heavy (non-hydrogen) atoms. The highest BCUT2D eigenvalue weighted by Crippen LogP contribution is 2.13. The standard InChI is InChI=1S/C16H25NO2.C8H10N2O2.C4H10.C2H6/c1-12(2)10-15(13(3)4)17-16(18)19-11-14-8-6-5-7-9-14;9-10-8(11)12-6-7-4-2-1-3-5-7;1-4(2)3;1-2/h5-9,12-13,15H,10-11H2,1-4H3,(H,17,18);1-5H,6,9H2,(H,10,11);4H,1-3H3;1-2H3. The Kier molecular flexibility index (Phi) is 22.8. The molecule has 0 aliphatic rings. The third-order valence-corrected chi connectivity index (χ3v) is 4.38. The number of ether oxygens (including phenoxy) is 2. The molecular formula is C30H51N3O4. The zero-order valence-electron chi connectivity index (χ0n) is 24.4. The summed E-state index contributed by atoms with van der Waals surface area (Å²) >= 11 is 0. The molecule has 0 bridgehead atoms. The summed E-state index contributed by atoms with van der Waals surface area (Å²) in [7, 11) is 0. The van der Waals surface area contributed by atoms with Gasteiger partial charge in [-0.3, -0.25) is 5.43 Å². The summed E-state index contributed by atoms with van der Waals surface area (Å²) in [5, 5.41) is 2.96. The summed E-state index contributed by atoms with van der Waals surface area (Å²) in [5.41, 5.74) is 3.81. The van der Waals surface area contributed by atoms with Gasteiger partial charge in [-0.05, 0) is 35.3 Å². The van der Waals surface area contributed by atoms with Crippen LogP contribution in [0.1, 0.15) is 79.9 Å². The van der Waals surface area contributed by atoms with Crippen LogP contribution in [0.25, 0.3) is 0 Å². The Morgan fingerprint density at radius 1 is 0.730 bits per heavy atom. The molecule has 1 atom stereocenters. The summed E-state index contributed by atoms with van der Waals surface area (Å²) in [6.07, 6.45) is 0.0139. The molecule has 210 valence electrons. The number of amides is 2. The van der Waals surface area contributed by atoms with Crippen LogP contribution >= 0.6 is 0 Å². The Balaban J connectivity index is 0. The maximum atomic E-state index is 11.8. The van der Waals surface area contributed by atoms with Gasteiger partial charge >= 0.3 is 12.2 Å². The second-order valence-electron chi connectivity index (χ2n) is 9.62. The van der Waals surface area contributed by atoms with Crippen LogP contribution in [0.3, 0.4) is 0 Å². The first-order chi connectivity index (χ1) is 17.5. The van der Waals surface area contributed by atoms with E-state index in [2.05, 4.69) is 53.8 Å². The molecule has 0 saturated carbocycles. The zero-order chi connectivity index (χ0) is 28.6. The van der Waals surface area contributed by atoms with Gasteiger partial charge in [-0.1, -0.05) is 123 Å². The number of rotatable bonds is 8. The molecule has 1 unspecified atom stereocenters. The quantitative estimate of drug-likeness (QED) is 0.192. The average molecular weight is 518 g/mol. The lowest BCUT2D eigenvalue weighted by atomic mass is 9.95. The lowest BCUT2D eigenvalue weighted by Gasteiger charge is -2.23. The zero-order valence-corrected chi connectivity index (χ0v) is 24.4. The van der Waals surface area contributed by atoms with Gasteiger partial charge in [0, 0.05) is 6.04 Å². The van der Waals surface area contributed by atoms with Gasteiger partial charge < -0.3 is 14.8 Å². The number of benzene rings is 2. The number of hydrogen-bond acceptors (Lipinski definition) is 5. The van der Waals surface area contributed by atoms with Gasteiger partial charge in [-0.15, -0.1) is 0 Å². The van der Waals surface area contributed by atoms with Crippen molar-refractivity contribution >= 4 is 12.2 Å². The fraction of sp³-hybridized carbons (Fsp3) is 0.533. The van der Waals surface area contributed by atoms with Crippen LogP contribution in [-0.4, -0.2) is 18.2 Å². The molecule has 7 heteroatoms. The molecule has 2 amide bonds. The van der Waals surface area contributed by atoms with E-state index in [1.54, 1.807) is 0 Å². The number of hydrogen-bond donors (Lipinski definition) is 3. The van der Waals surface area contributed by atoms with Crippen LogP contribution < -0.4 is 16.6 Å². The van der Waals surface area contributed by atoms with Crippen LogP contribution in [0.4, 0.5) is 9.59 Å². The van der Waals surface area contributed by atoms with Crippen LogP contribution in [-0.2, 0) is 22.7 Å². The van der Waals surface area contributed by atoms with Crippen molar-refractivity contribution < 1.29 is 19.1 Å². The molecule has 4 N–H and O–H groups in total. The van der Waals surface area contributed by atoms with Crippen molar-refractivity contribution in [3.63, 3.8) is 0 Å². The van der Waals surface area contributed by atoms with Crippen LogP contribution in [0.15, 0.2) is 60.7 Å². The van der Waals surface area contributed by atoms with Crippen molar-refractivity contribution in [1.82, 2.24) is 10.7 Å². The molecule has 0 aromatic heterocycles. The predicted octanol–water partition coefficient (Wildman–Crippen LogP) is 7.46. The van der Waals surface area contributed by atoms with Crippen LogP contribution in [0.5, 0.6) is 0 Å². The Morgan fingerprint density at radius 3 is 1.43 bits per heavy atom. The highest BCUT2D eigenvalue weighted by Gasteiger charge is 2.18. The largest absolute Gasteiger partial charge is 0.445 e. The summed E-state index contributed by atoms with van der Waals surface area (Å²) in [6, 6.07) is 19.3. The highest BCUT2D eigenvalue weighted by molar-refractivity contribution is 5.67.